The average Bonchev–Trinajstić information content (AvgIpc) is 3.31. The minimum Gasteiger partial charge on any atom is -0.392 e. The number of hydrogen-bond donors (Lipinski definition) is 6. The van der Waals surface area contributed by atoms with Crippen LogP contribution < -0.4 is 11.5 Å². The summed E-state index contributed by atoms with van der Waals surface area (Å²) in [6.07, 6.45) is 2.00. The summed E-state index contributed by atoms with van der Waals surface area (Å²) in [7, 11) is 6.47. The third kappa shape index (κ3) is 42.6. The summed E-state index contributed by atoms with van der Waals surface area (Å²) in [5.41, 5.74) is 18.6. The maximum absolute atomic E-state index is 8.31. The van der Waals surface area contributed by atoms with Gasteiger partial charge >= 0.3 is 0 Å². The van der Waals surface area contributed by atoms with Crippen LogP contribution in [0.1, 0.15) is 43.4 Å². The number of benzene rings is 3. The highest BCUT2D eigenvalue weighted by molar-refractivity contribution is 9.09. The molecule has 65 heavy (non-hydrogen) atoms. The maximum atomic E-state index is 8.31. The van der Waals surface area contributed by atoms with E-state index in [1.165, 1.54) is 0 Å². The molecule has 0 aliphatic rings. The molecule has 0 radical (unpaired) electrons. The number of nitriles is 1. The number of aliphatic hydroxyl groups excluding tert-OH is 4. The van der Waals surface area contributed by atoms with Gasteiger partial charge in [0, 0.05) is 33.8 Å². The number of aliphatic hydroxyl groups is 4. The lowest BCUT2D eigenvalue weighted by Crippen LogP contribution is -2.22. The van der Waals surface area contributed by atoms with Crippen molar-refractivity contribution in [2.45, 2.75) is 31.6 Å². The Bertz CT molecular complexity index is 1490. The summed E-state index contributed by atoms with van der Waals surface area (Å²) < 4.78 is 18.9. The van der Waals surface area contributed by atoms with E-state index in [4.69, 9.17) is 63.0 Å². The van der Waals surface area contributed by atoms with Crippen LogP contribution in [0.4, 0.5) is 0 Å². The Morgan fingerprint density at radius 1 is 0.554 bits per heavy atom. The van der Waals surface area contributed by atoms with Crippen molar-refractivity contribution < 1.29 is 39.4 Å². The fraction of sp³-hybridized carbons (Fsp3) is 0.392. The van der Waals surface area contributed by atoms with Gasteiger partial charge in [-0.25, -0.2) is 0 Å². The van der Waals surface area contributed by atoms with Crippen molar-refractivity contribution in [2.75, 3.05) is 99.7 Å². The molecule has 0 unspecified atom stereocenters. The predicted molar refractivity (Wildman–Crippen MR) is 281 cm³/mol. The first-order valence-electron chi connectivity index (χ1n) is 19.7. The molecule has 0 saturated heterocycles. The fourth-order valence-electron chi connectivity index (χ4n) is 4.18. The van der Waals surface area contributed by atoms with E-state index in [9.17, 15) is 0 Å². The van der Waals surface area contributed by atoms with Gasteiger partial charge in [-0.1, -0.05) is 165 Å². The summed E-state index contributed by atoms with van der Waals surface area (Å²) >= 11 is 10.4. The van der Waals surface area contributed by atoms with Gasteiger partial charge in [0.05, 0.1) is 65.3 Å². The number of nitrogens with two attached hydrogens (primary N) is 2. The molecule has 0 aromatic heterocycles. The molecule has 0 aliphatic carbocycles. The van der Waals surface area contributed by atoms with Crippen LogP contribution in [0.2, 0.25) is 0 Å². The molecule has 0 bridgehead atoms. The smallest absolute Gasteiger partial charge is 0.119 e. The standard InChI is InChI=1S/C19H15Cl.C6H13NO.C6H9NO.C5H9BrO.C5H11NO.C5H10O2.C4H8O2.CH4.ClH/c20-19(16-10-4-1-5-11-16,17-12-6-2-7-13-17)18-14-8-3-9-15-18;2*1-6(3-4-7)5-8-2;1-5(3-6)4-7-2;1-5(4-7)2-3-6;1-5(3-6)4-7-2;1-4(2-5)3-6;;/h1-15H;1,3-5,7H2,2H3;1,3,5H2,2H3;1,3-4H2,2H3;7H,1-4,6H2;6H,1,3-4H2,2H3;5-6H,1-3H2;1H4;1H. The summed E-state index contributed by atoms with van der Waals surface area (Å²) in [6.45, 7) is 24.7. The first kappa shape index (κ1) is 72.8. The number of methoxy groups -OCH3 is 4. The minimum absolute atomic E-state index is 0. The molecule has 3 aromatic carbocycles. The van der Waals surface area contributed by atoms with Crippen molar-refractivity contribution in [3.05, 3.63) is 181 Å². The van der Waals surface area contributed by atoms with Gasteiger partial charge in [0.15, 0.2) is 0 Å². The Morgan fingerprint density at radius 2 is 0.846 bits per heavy atom. The molecule has 368 valence electrons. The fourth-order valence-corrected chi connectivity index (χ4v) is 4.72. The molecule has 0 spiro atoms. The number of alkyl halides is 2. The van der Waals surface area contributed by atoms with Gasteiger partial charge in [0.2, 0.25) is 0 Å². The summed E-state index contributed by atoms with van der Waals surface area (Å²) in [5, 5.41) is 41.7. The molecule has 3 rings (SSSR count). The van der Waals surface area contributed by atoms with Crippen molar-refractivity contribution in [1.29, 1.82) is 5.26 Å². The largest absolute Gasteiger partial charge is 0.392 e. The maximum Gasteiger partial charge on any atom is 0.119 e. The number of nitrogens with zero attached hydrogens (tertiary/aromatic N) is 1. The van der Waals surface area contributed by atoms with Gasteiger partial charge in [-0.15, -0.1) is 24.0 Å². The Balaban J connectivity index is -0.000000167. The van der Waals surface area contributed by atoms with Gasteiger partial charge in [-0.05, 0) is 64.9 Å². The van der Waals surface area contributed by atoms with E-state index < -0.39 is 4.87 Å². The molecule has 14 heteroatoms. The second-order valence-electron chi connectivity index (χ2n) is 13.2. The van der Waals surface area contributed by atoms with Crippen LogP contribution in [0.3, 0.4) is 0 Å². The van der Waals surface area contributed by atoms with Crippen LogP contribution >= 0.6 is 39.9 Å². The Morgan fingerprint density at radius 3 is 1.06 bits per heavy atom. The Labute approximate surface area is 412 Å². The molecule has 0 amide bonds. The third-order valence-electron chi connectivity index (χ3n) is 7.32. The third-order valence-corrected chi connectivity index (χ3v) is 8.76. The normalized spacial score (nSPS) is 9.22. The highest BCUT2D eigenvalue weighted by atomic mass is 79.9. The zero-order valence-corrected chi connectivity index (χ0v) is 41.6. The van der Waals surface area contributed by atoms with Gasteiger partial charge in [0.25, 0.3) is 0 Å². The van der Waals surface area contributed by atoms with Gasteiger partial charge < -0.3 is 50.8 Å². The van der Waals surface area contributed by atoms with Crippen LogP contribution in [-0.2, 0) is 23.8 Å². The Hall–Kier alpha value is -3.75. The summed E-state index contributed by atoms with van der Waals surface area (Å²) in [6, 6.07) is 32.6. The molecule has 0 saturated carbocycles. The van der Waals surface area contributed by atoms with Crippen molar-refractivity contribution in [3.8, 4) is 6.07 Å². The van der Waals surface area contributed by atoms with Gasteiger partial charge in [-0.3, -0.25) is 0 Å². The lowest BCUT2D eigenvalue weighted by atomic mass is 9.84. The lowest BCUT2D eigenvalue weighted by Gasteiger charge is -2.29. The Kier molecular flexibility index (Phi) is 59.2. The first-order chi connectivity index (χ1) is 30.2. The topological polar surface area (TPSA) is 194 Å². The van der Waals surface area contributed by atoms with Gasteiger partial charge in [0.1, 0.15) is 4.87 Å². The van der Waals surface area contributed by atoms with E-state index >= 15 is 0 Å². The number of halogens is 3. The van der Waals surface area contributed by atoms with Crippen molar-refractivity contribution in [2.24, 2.45) is 11.5 Å². The molecular weight excluding hydrogens is 933 g/mol. The molecule has 3 aromatic rings. The predicted octanol–water partition coefficient (Wildman–Crippen LogP) is 9.09. The monoisotopic (exact) mass is 1010 g/mol. The molecule has 0 atom stereocenters. The van der Waals surface area contributed by atoms with E-state index in [-0.39, 0.29) is 46.3 Å². The van der Waals surface area contributed by atoms with Gasteiger partial charge in [-0.2, -0.15) is 5.26 Å². The average molecular weight is 1010 g/mol. The van der Waals surface area contributed by atoms with Crippen LogP contribution in [0.25, 0.3) is 0 Å². The highest BCUT2D eigenvalue weighted by Crippen LogP contribution is 2.42. The van der Waals surface area contributed by atoms with Crippen molar-refractivity contribution >= 4 is 39.9 Å². The molecule has 0 heterocycles. The van der Waals surface area contributed by atoms with Crippen molar-refractivity contribution in [3.63, 3.8) is 0 Å². The van der Waals surface area contributed by atoms with Crippen LogP contribution in [0.15, 0.2) is 164 Å². The van der Waals surface area contributed by atoms with E-state index in [0.717, 1.165) is 57.2 Å². The van der Waals surface area contributed by atoms with E-state index in [1.54, 1.807) is 28.4 Å². The molecular formula is C51H80BrCl2N3O8. The minimum atomic E-state index is -0.649. The second-order valence-corrected chi connectivity index (χ2v) is 14.3. The van der Waals surface area contributed by atoms with E-state index in [1.807, 2.05) is 60.7 Å². The zero-order chi connectivity index (χ0) is 48.7. The van der Waals surface area contributed by atoms with E-state index in [0.29, 0.717) is 57.1 Å². The first-order valence-corrected chi connectivity index (χ1v) is 21.2. The van der Waals surface area contributed by atoms with Crippen molar-refractivity contribution in [1.82, 2.24) is 0 Å². The van der Waals surface area contributed by atoms with E-state index in [2.05, 4.69) is 96.5 Å². The quantitative estimate of drug-likeness (QED) is 0.0339. The highest BCUT2D eigenvalue weighted by Gasteiger charge is 2.33. The zero-order valence-electron chi connectivity index (χ0n) is 38.5. The number of hydrogen-bond acceptors (Lipinski definition) is 11. The van der Waals surface area contributed by atoms with Crippen LogP contribution in [0.5, 0.6) is 0 Å². The molecule has 0 fully saturated rings. The molecule has 8 N–H and O–H groups in total. The SMILES string of the molecule is C.C=C(CBr)COC.C=C(CC#N)COC.C=C(CCN)COC.C=C(CO)CCN.C=C(CO)CO.C=C(CO)COC.Cl.ClC(c1ccccc1)(c1ccccc1)c1ccccc1. The molecule has 0 aliphatic heterocycles. The summed E-state index contributed by atoms with van der Waals surface area (Å²) in [5.74, 6) is 0. The number of ether oxygens (including phenoxy) is 4. The second kappa shape index (κ2) is 52.9. The van der Waals surface area contributed by atoms with Crippen LogP contribution in [-0.4, -0.2) is 120 Å². The lowest BCUT2D eigenvalue weighted by molar-refractivity contribution is 0.208. The number of rotatable bonds is 21. The summed E-state index contributed by atoms with van der Waals surface area (Å²) in [4.78, 5) is -0.649. The molecule has 11 nitrogen and oxygen atoms in total. The van der Waals surface area contributed by atoms with Crippen LogP contribution in [0, 0.1) is 11.3 Å².